The van der Waals surface area contributed by atoms with Crippen LogP contribution in [-0.2, 0) is 25.6 Å². The van der Waals surface area contributed by atoms with Crippen LogP contribution in [0.4, 0.5) is 30.8 Å². The minimum Gasteiger partial charge on any atom is -0.444 e. The van der Waals surface area contributed by atoms with Crippen molar-refractivity contribution in [2.24, 2.45) is 0 Å². The van der Waals surface area contributed by atoms with Gasteiger partial charge in [0, 0.05) is 31.1 Å². The number of hydrogen-bond donors (Lipinski definition) is 6. The number of anilines is 3. The highest BCUT2D eigenvalue weighted by Gasteiger charge is 2.59. The third kappa shape index (κ3) is 9.90. The van der Waals surface area contributed by atoms with E-state index in [0.717, 1.165) is 23.4 Å². The van der Waals surface area contributed by atoms with Gasteiger partial charge in [-0.15, -0.1) is 0 Å². The fourth-order valence-electron chi connectivity index (χ4n) is 5.25. The third-order valence-electron chi connectivity index (χ3n) is 7.95. The molecule has 3 unspecified atom stereocenters. The van der Waals surface area contributed by atoms with E-state index in [-0.39, 0.29) is 25.2 Å². The van der Waals surface area contributed by atoms with E-state index in [4.69, 9.17) is 14.6 Å². The summed E-state index contributed by atoms with van der Waals surface area (Å²) in [5, 5.41) is 33.3. The van der Waals surface area contributed by atoms with Gasteiger partial charge in [0.2, 0.25) is 18.0 Å². The Labute approximate surface area is 311 Å². The fourth-order valence-corrected chi connectivity index (χ4v) is 5.91. The van der Waals surface area contributed by atoms with Crippen molar-refractivity contribution in [3.63, 3.8) is 0 Å². The quantitative estimate of drug-likeness (QED) is 0.119. The second kappa shape index (κ2) is 16.6. The molecule has 5 rings (SSSR count). The first-order chi connectivity index (χ1) is 25.5. The molecule has 286 valence electrons. The zero-order valence-electron chi connectivity index (χ0n) is 29.3. The summed E-state index contributed by atoms with van der Waals surface area (Å²) < 4.78 is 39.5. The largest absolute Gasteiger partial charge is 0.444 e. The van der Waals surface area contributed by atoms with Crippen LogP contribution in [-0.4, -0.2) is 73.9 Å². The molecule has 4 aromatic rings. The van der Waals surface area contributed by atoms with Crippen LogP contribution in [0.1, 0.15) is 55.8 Å². The van der Waals surface area contributed by atoms with E-state index in [1.54, 1.807) is 57.2 Å². The maximum atomic E-state index is 14.4. The summed E-state index contributed by atoms with van der Waals surface area (Å²) in [7, 11) is 0. The normalized spacial score (nSPS) is 17.7. The third-order valence-corrected chi connectivity index (χ3v) is 8.64. The molecule has 54 heavy (non-hydrogen) atoms. The number of aliphatic hydroxyl groups is 2. The predicted octanol–water partition coefficient (Wildman–Crippen LogP) is 4.49. The van der Waals surface area contributed by atoms with Gasteiger partial charge in [-0.25, -0.2) is 9.59 Å². The lowest BCUT2D eigenvalue weighted by atomic mass is 10.1. The van der Waals surface area contributed by atoms with Crippen molar-refractivity contribution in [3.05, 3.63) is 93.2 Å². The van der Waals surface area contributed by atoms with E-state index in [9.17, 15) is 37.9 Å². The molecule has 15 nitrogen and oxygen atoms in total. The molecule has 0 spiro atoms. The molecule has 0 aliphatic carbocycles. The van der Waals surface area contributed by atoms with E-state index in [0.29, 0.717) is 27.1 Å². The average Bonchev–Trinajstić information content (AvgIpc) is 3.73. The van der Waals surface area contributed by atoms with Gasteiger partial charge in [-0.1, -0.05) is 18.2 Å². The van der Waals surface area contributed by atoms with Gasteiger partial charge in [-0.2, -0.15) is 25.1 Å². The number of nitrogens with one attached hydrogen (secondary N) is 4. The Morgan fingerprint density at radius 2 is 1.69 bits per heavy atom. The molecule has 1 aliphatic rings. The molecule has 0 radical (unpaired) electrons. The van der Waals surface area contributed by atoms with E-state index in [1.165, 1.54) is 11.3 Å². The van der Waals surface area contributed by atoms with Crippen LogP contribution in [0.3, 0.4) is 0 Å². The SMILES string of the molecule is CC(C)(C)OC(=O)Nc1ccc(-c2ccsc2)cc1NC(=O)c1ccc(CNC(=O)CCC(=O)Nc2ccn(C3OC(CO)C(O)C3(F)F)c(=O)n2)cc1. The number of ether oxygens (including phenoxy) is 2. The van der Waals surface area contributed by atoms with E-state index < -0.39 is 66.1 Å². The van der Waals surface area contributed by atoms with Crippen LogP contribution in [0.25, 0.3) is 11.1 Å². The highest BCUT2D eigenvalue weighted by molar-refractivity contribution is 7.08. The minimum atomic E-state index is -3.89. The van der Waals surface area contributed by atoms with Gasteiger partial charge in [-0.05, 0) is 84.6 Å². The Morgan fingerprint density at radius 1 is 0.963 bits per heavy atom. The Balaban J connectivity index is 1.12. The van der Waals surface area contributed by atoms with Crippen molar-refractivity contribution >= 4 is 52.3 Å². The lowest BCUT2D eigenvalue weighted by Gasteiger charge is -2.21. The molecule has 2 aromatic heterocycles. The number of rotatable bonds is 12. The number of hydrogen-bond acceptors (Lipinski definition) is 11. The summed E-state index contributed by atoms with van der Waals surface area (Å²) in [6.07, 6.45) is -6.45. The van der Waals surface area contributed by atoms with Crippen molar-refractivity contribution in [1.82, 2.24) is 14.9 Å². The van der Waals surface area contributed by atoms with Crippen LogP contribution in [0, 0.1) is 0 Å². The first kappa shape index (κ1) is 39.6. The van der Waals surface area contributed by atoms with E-state index in [1.807, 2.05) is 22.9 Å². The van der Waals surface area contributed by atoms with Gasteiger partial charge in [-0.3, -0.25) is 24.3 Å². The topological polar surface area (TPSA) is 210 Å². The van der Waals surface area contributed by atoms with Crippen molar-refractivity contribution in [1.29, 1.82) is 0 Å². The molecule has 3 heterocycles. The highest BCUT2D eigenvalue weighted by Crippen LogP contribution is 2.42. The van der Waals surface area contributed by atoms with Gasteiger partial charge in [0.05, 0.1) is 18.0 Å². The monoisotopic (exact) mass is 768 g/mol. The van der Waals surface area contributed by atoms with Gasteiger partial charge < -0.3 is 35.6 Å². The molecule has 1 fully saturated rings. The maximum Gasteiger partial charge on any atom is 0.412 e. The maximum absolute atomic E-state index is 14.4. The summed E-state index contributed by atoms with van der Waals surface area (Å²) >= 11 is 1.52. The Bertz CT molecular complexity index is 2050. The smallest absolute Gasteiger partial charge is 0.412 e. The average molecular weight is 769 g/mol. The number of alkyl halides is 2. The van der Waals surface area contributed by atoms with Gasteiger partial charge in [0.1, 0.15) is 17.5 Å². The van der Waals surface area contributed by atoms with E-state index in [2.05, 4.69) is 26.3 Å². The lowest BCUT2D eigenvalue weighted by Crippen LogP contribution is -2.41. The predicted molar refractivity (Wildman–Crippen MR) is 194 cm³/mol. The summed E-state index contributed by atoms with van der Waals surface area (Å²) in [6, 6.07) is 14.7. The number of aliphatic hydroxyl groups excluding tert-OH is 2. The Morgan fingerprint density at radius 3 is 2.31 bits per heavy atom. The number of carbonyl (C=O) groups is 4. The molecule has 1 aliphatic heterocycles. The Hall–Kier alpha value is -5.56. The highest BCUT2D eigenvalue weighted by atomic mass is 32.1. The van der Waals surface area contributed by atoms with Crippen LogP contribution in [0.2, 0.25) is 0 Å². The summed E-state index contributed by atoms with van der Waals surface area (Å²) in [6.45, 7) is 4.42. The standard InChI is InChI=1S/C36H38F2N6O9S/c1-35(2,3)53-34(51)41-24-9-8-22(23-13-15-54-19-23)16-25(24)40-31(49)21-6-4-20(5-7-21)17-39-28(46)10-11-29(47)42-27-12-14-44(33(50)43-27)32-36(37,38)30(48)26(18-45)52-32/h4-9,12-16,19,26,30,32,45,48H,10-11,17-18H2,1-3H3,(H,39,46)(H,40,49)(H,41,51)(H,42,43,47,50). The minimum absolute atomic E-state index is 0.0918. The number of aromatic nitrogens is 2. The molecular weight excluding hydrogens is 730 g/mol. The van der Waals surface area contributed by atoms with Gasteiger partial charge in [0.15, 0.2) is 6.10 Å². The fraction of sp³-hybridized carbons (Fsp3) is 0.333. The van der Waals surface area contributed by atoms with Crippen molar-refractivity contribution in [2.75, 3.05) is 22.6 Å². The zero-order valence-corrected chi connectivity index (χ0v) is 30.1. The number of thiophene rings is 1. The van der Waals surface area contributed by atoms with Crippen molar-refractivity contribution in [3.8, 4) is 11.1 Å². The number of nitrogens with zero attached hydrogens (tertiary/aromatic N) is 2. The summed E-state index contributed by atoms with van der Waals surface area (Å²) in [5.74, 6) is -5.73. The number of halogens is 2. The first-order valence-corrected chi connectivity index (χ1v) is 17.5. The molecule has 1 saturated heterocycles. The lowest BCUT2D eigenvalue weighted by molar-refractivity contribution is -0.141. The van der Waals surface area contributed by atoms with Crippen LogP contribution >= 0.6 is 11.3 Å². The number of carbonyl (C=O) groups excluding carboxylic acids is 4. The second-order valence-electron chi connectivity index (χ2n) is 13.2. The van der Waals surface area contributed by atoms with Crippen molar-refractivity contribution < 1.29 is 47.6 Å². The summed E-state index contributed by atoms with van der Waals surface area (Å²) in [4.78, 5) is 66.6. The Kier molecular flexibility index (Phi) is 12.2. The zero-order chi connectivity index (χ0) is 39.2. The molecule has 4 amide bonds. The molecule has 2 aromatic carbocycles. The van der Waals surface area contributed by atoms with Crippen molar-refractivity contribution in [2.45, 2.75) is 70.1 Å². The second-order valence-corrected chi connectivity index (χ2v) is 14.0. The number of benzene rings is 2. The van der Waals surface area contributed by atoms with Crippen LogP contribution in [0.15, 0.2) is 76.3 Å². The molecule has 3 atom stereocenters. The van der Waals surface area contributed by atoms with Crippen LogP contribution < -0.4 is 27.0 Å². The molecule has 18 heteroatoms. The first-order valence-electron chi connectivity index (χ1n) is 16.6. The molecular formula is C36H38F2N6O9S. The van der Waals surface area contributed by atoms with E-state index >= 15 is 0 Å². The number of amides is 4. The summed E-state index contributed by atoms with van der Waals surface area (Å²) in [5.41, 5.74) is 1.51. The molecule has 0 saturated carbocycles. The molecule has 6 N–H and O–H groups in total. The van der Waals surface area contributed by atoms with Gasteiger partial charge in [0.25, 0.3) is 5.91 Å². The molecule has 0 bridgehead atoms. The van der Waals surface area contributed by atoms with Gasteiger partial charge >= 0.3 is 17.7 Å². The van der Waals surface area contributed by atoms with Crippen LogP contribution in [0.5, 0.6) is 0 Å².